The van der Waals surface area contributed by atoms with Crippen LogP contribution in [0.15, 0.2) is 59.8 Å². The van der Waals surface area contributed by atoms with Crippen molar-refractivity contribution >= 4 is 21.9 Å². The molecule has 31 heavy (non-hydrogen) atoms. The molecule has 2 heterocycles. The molecule has 1 aliphatic rings. The predicted molar refractivity (Wildman–Crippen MR) is 113 cm³/mol. The molecule has 8 nitrogen and oxygen atoms in total. The third-order valence-corrected chi connectivity index (χ3v) is 7.24. The van der Waals surface area contributed by atoms with E-state index in [2.05, 4.69) is 9.97 Å². The molecular weight excluding hydrogens is 421 g/mol. The molecule has 0 spiro atoms. The van der Waals surface area contributed by atoms with Gasteiger partial charge in [-0.2, -0.15) is 4.31 Å². The summed E-state index contributed by atoms with van der Waals surface area (Å²) in [7, 11) is -3.89. The number of sulfonamides is 1. The van der Waals surface area contributed by atoms with Gasteiger partial charge in [0.15, 0.2) is 0 Å². The SMILES string of the molecule is NC(=O)[C@H]1CCN(S(=O)(=O)c2ccccc2-c2ccc(-c3cnc(N)nc3)c(F)c2)C1. The third-order valence-electron chi connectivity index (χ3n) is 5.32. The lowest BCUT2D eigenvalue weighted by molar-refractivity contribution is -0.121. The maximum Gasteiger partial charge on any atom is 0.243 e. The third kappa shape index (κ3) is 3.99. The van der Waals surface area contributed by atoms with Crippen molar-refractivity contribution in [3.05, 3.63) is 60.7 Å². The molecule has 1 atom stereocenters. The van der Waals surface area contributed by atoms with Crippen LogP contribution < -0.4 is 11.5 Å². The Bertz CT molecular complexity index is 1250. The molecule has 4 N–H and O–H groups in total. The Morgan fingerprint density at radius 3 is 2.42 bits per heavy atom. The first-order chi connectivity index (χ1) is 14.8. The Morgan fingerprint density at radius 1 is 1.06 bits per heavy atom. The maximum absolute atomic E-state index is 14.9. The van der Waals surface area contributed by atoms with Gasteiger partial charge in [0.1, 0.15) is 5.82 Å². The number of carbonyl (C=O) groups excluding carboxylic acids is 1. The minimum absolute atomic E-state index is 0.0381. The van der Waals surface area contributed by atoms with Crippen molar-refractivity contribution in [2.45, 2.75) is 11.3 Å². The quantitative estimate of drug-likeness (QED) is 0.623. The molecule has 4 rings (SSSR count). The highest BCUT2D eigenvalue weighted by molar-refractivity contribution is 7.89. The van der Waals surface area contributed by atoms with Crippen LogP contribution in [0.1, 0.15) is 6.42 Å². The number of hydrogen-bond donors (Lipinski definition) is 2. The van der Waals surface area contributed by atoms with Gasteiger partial charge in [0.2, 0.25) is 21.9 Å². The standard InChI is InChI=1S/C21H20FN5O3S/c22-18-9-13(5-6-16(18)15-10-25-21(24)26-11-15)17-3-1-2-4-19(17)31(29,30)27-8-7-14(12-27)20(23)28/h1-6,9-11,14H,7-8,12H2,(H2,23,28)(H2,24,25,26)/t14-/m0/s1. The zero-order chi connectivity index (χ0) is 22.2. The highest BCUT2D eigenvalue weighted by atomic mass is 32.2. The second-order valence-corrected chi connectivity index (χ2v) is 9.18. The number of amides is 1. The number of halogens is 1. The molecule has 0 aliphatic carbocycles. The van der Waals surface area contributed by atoms with Crippen molar-refractivity contribution in [1.29, 1.82) is 0 Å². The molecule has 1 fully saturated rings. The van der Waals surface area contributed by atoms with Gasteiger partial charge in [0.05, 0.1) is 10.8 Å². The molecule has 3 aromatic rings. The number of nitrogen functional groups attached to an aromatic ring is 1. The molecule has 160 valence electrons. The molecule has 1 saturated heterocycles. The lowest BCUT2D eigenvalue weighted by atomic mass is 10.0. The van der Waals surface area contributed by atoms with Crippen molar-refractivity contribution in [1.82, 2.24) is 14.3 Å². The monoisotopic (exact) mass is 441 g/mol. The van der Waals surface area contributed by atoms with Crippen LogP contribution in [0.25, 0.3) is 22.3 Å². The Morgan fingerprint density at radius 2 is 1.77 bits per heavy atom. The maximum atomic E-state index is 14.9. The van der Waals surface area contributed by atoms with E-state index in [9.17, 15) is 17.6 Å². The Hall–Kier alpha value is -3.37. The zero-order valence-electron chi connectivity index (χ0n) is 16.4. The van der Waals surface area contributed by atoms with Crippen LogP contribution in [0, 0.1) is 11.7 Å². The van der Waals surface area contributed by atoms with Crippen molar-refractivity contribution in [3.8, 4) is 22.3 Å². The van der Waals surface area contributed by atoms with Crippen LogP contribution in [-0.4, -0.2) is 41.7 Å². The number of carbonyl (C=O) groups is 1. The van der Waals surface area contributed by atoms with E-state index in [0.717, 1.165) is 0 Å². The Labute approximate surface area is 178 Å². The van der Waals surface area contributed by atoms with Gasteiger partial charge in [-0.15, -0.1) is 0 Å². The van der Waals surface area contributed by atoms with Gasteiger partial charge in [-0.25, -0.2) is 22.8 Å². The first-order valence-electron chi connectivity index (χ1n) is 9.53. The normalized spacial score (nSPS) is 17.0. The van der Waals surface area contributed by atoms with Crippen molar-refractivity contribution in [2.24, 2.45) is 11.7 Å². The molecule has 0 radical (unpaired) electrons. The zero-order valence-corrected chi connectivity index (χ0v) is 17.2. The van der Waals surface area contributed by atoms with Gasteiger partial charge in [-0.3, -0.25) is 4.79 Å². The van der Waals surface area contributed by atoms with Gasteiger partial charge >= 0.3 is 0 Å². The fourth-order valence-electron chi connectivity index (χ4n) is 3.64. The molecule has 1 aromatic heterocycles. The smallest absolute Gasteiger partial charge is 0.243 e. The van der Waals surface area contributed by atoms with Gasteiger partial charge < -0.3 is 11.5 Å². The summed E-state index contributed by atoms with van der Waals surface area (Å²) in [5, 5.41) is 0. The summed E-state index contributed by atoms with van der Waals surface area (Å²) < 4.78 is 42.6. The molecule has 0 unspecified atom stereocenters. The molecule has 1 aliphatic heterocycles. The fraction of sp³-hybridized carbons (Fsp3) is 0.190. The average Bonchev–Trinajstić information content (AvgIpc) is 3.26. The molecule has 2 aromatic carbocycles. The lowest BCUT2D eigenvalue weighted by Gasteiger charge is -2.19. The molecule has 0 saturated carbocycles. The molecule has 10 heteroatoms. The summed E-state index contributed by atoms with van der Waals surface area (Å²) in [6, 6.07) is 10.8. The van der Waals surface area contributed by atoms with Crippen molar-refractivity contribution in [2.75, 3.05) is 18.8 Å². The number of anilines is 1. The predicted octanol–water partition coefficient (Wildman–Crippen LogP) is 2.03. The van der Waals surface area contributed by atoms with Crippen LogP contribution in [0.5, 0.6) is 0 Å². The highest BCUT2D eigenvalue weighted by Crippen LogP contribution is 2.34. The van der Waals surface area contributed by atoms with E-state index < -0.39 is 27.7 Å². The van der Waals surface area contributed by atoms with Gasteiger partial charge in [0, 0.05) is 42.2 Å². The number of nitrogens with zero attached hydrogens (tertiary/aromatic N) is 3. The minimum atomic E-state index is -3.89. The molecule has 1 amide bonds. The van der Waals surface area contributed by atoms with E-state index in [-0.39, 0.29) is 29.5 Å². The van der Waals surface area contributed by atoms with Crippen LogP contribution in [0.2, 0.25) is 0 Å². The lowest BCUT2D eigenvalue weighted by Crippen LogP contribution is -2.32. The van der Waals surface area contributed by atoms with Crippen LogP contribution >= 0.6 is 0 Å². The van der Waals surface area contributed by atoms with Crippen LogP contribution in [0.3, 0.4) is 0 Å². The number of benzene rings is 2. The largest absolute Gasteiger partial charge is 0.369 e. The number of hydrogen-bond acceptors (Lipinski definition) is 6. The minimum Gasteiger partial charge on any atom is -0.369 e. The molecule has 0 bridgehead atoms. The summed E-state index contributed by atoms with van der Waals surface area (Å²) in [5.74, 6) is -1.50. The number of aromatic nitrogens is 2. The van der Waals surface area contributed by atoms with Crippen molar-refractivity contribution < 1.29 is 17.6 Å². The molecular formula is C21H20FN5O3S. The van der Waals surface area contributed by atoms with Crippen LogP contribution in [0.4, 0.5) is 10.3 Å². The summed E-state index contributed by atoms with van der Waals surface area (Å²) >= 11 is 0. The summed E-state index contributed by atoms with van der Waals surface area (Å²) in [6.07, 6.45) is 3.21. The Kier molecular flexibility index (Phi) is 5.42. The first kappa shape index (κ1) is 20.9. The van der Waals surface area contributed by atoms with E-state index >= 15 is 0 Å². The second-order valence-electron chi connectivity index (χ2n) is 7.27. The summed E-state index contributed by atoms with van der Waals surface area (Å²) in [5.41, 5.74) is 12.3. The van der Waals surface area contributed by atoms with Gasteiger partial charge in [-0.05, 0) is 24.1 Å². The van der Waals surface area contributed by atoms with E-state index in [0.29, 0.717) is 23.1 Å². The number of primary amides is 1. The first-order valence-corrected chi connectivity index (χ1v) is 11.0. The van der Waals surface area contributed by atoms with Crippen molar-refractivity contribution in [3.63, 3.8) is 0 Å². The topological polar surface area (TPSA) is 132 Å². The second kappa shape index (κ2) is 8.05. The van der Waals surface area contributed by atoms with E-state index in [4.69, 9.17) is 11.5 Å². The summed E-state index contributed by atoms with van der Waals surface area (Å²) in [6.45, 7) is 0.241. The highest BCUT2D eigenvalue weighted by Gasteiger charge is 2.36. The number of nitrogens with two attached hydrogens (primary N) is 2. The number of rotatable bonds is 5. The van der Waals surface area contributed by atoms with Gasteiger partial charge in [-0.1, -0.05) is 30.3 Å². The average molecular weight is 441 g/mol. The fourth-order valence-corrected chi connectivity index (χ4v) is 5.36. The van der Waals surface area contributed by atoms with Gasteiger partial charge in [0.25, 0.3) is 0 Å². The van der Waals surface area contributed by atoms with E-state index in [1.165, 1.54) is 28.8 Å². The Balaban J connectivity index is 1.71. The van der Waals surface area contributed by atoms with E-state index in [1.54, 1.807) is 30.3 Å². The summed E-state index contributed by atoms with van der Waals surface area (Å²) in [4.78, 5) is 19.2. The van der Waals surface area contributed by atoms with E-state index in [1.807, 2.05) is 0 Å². The van der Waals surface area contributed by atoms with Crippen LogP contribution in [-0.2, 0) is 14.8 Å².